The maximum atomic E-state index is 13.3. The molecule has 100 valence electrons. The second-order valence-corrected chi connectivity index (χ2v) is 5.18. The molecule has 1 N–H and O–H groups in total. The highest BCUT2D eigenvalue weighted by Crippen LogP contribution is 2.26. The van der Waals surface area contributed by atoms with E-state index in [1.165, 1.54) is 12.1 Å². The first kappa shape index (κ1) is 14.3. The summed E-state index contributed by atoms with van der Waals surface area (Å²) in [7, 11) is 1.84. The van der Waals surface area contributed by atoms with Crippen LogP contribution in [0.25, 0.3) is 0 Å². The minimum Gasteiger partial charge on any atom is -0.313 e. The van der Waals surface area contributed by atoms with Gasteiger partial charge in [0.2, 0.25) is 0 Å². The Kier molecular flexibility index (Phi) is 4.81. The average Bonchev–Trinajstić information content (AvgIpc) is 2.39. The zero-order valence-electron chi connectivity index (χ0n) is 10.5. The molecule has 0 heterocycles. The van der Waals surface area contributed by atoms with Crippen LogP contribution < -0.4 is 5.32 Å². The highest BCUT2D eigenvalue weighted by atomic mass is 35.5. The number of likely N-dealkylation sites (N-methyl/N-ethyl adjacent to an activating group) is 1. The van der Waals surface area contributed by atoms with E-state index >= 15 is 0 Å². The lowest BCUT2D eigenvalue weighted by molar-refractivity contribution is 0.577. The predicted octanol–water partition coefficient (Wildman–Crippen LogP) is 4.64. The summed E-state index contributed by atoms with van der Waals surface area (Å²) in [6, 6.07) is 11.9. The number of halogens is 3. The van der Waals surface area contributed by atoms with Crippen LogP contribution in [0.5, 0.6) is 0 Å². The molecule has 4 heteroatoms. The fourth-order valence-corrected chi connectivity index (χ4v) is 2.42. The molecule has 1 nitrogen and oxygen atoms in total. The second-order valence-electron chi connectivity index (χ2n) is 4.34. The van der Waals surface area contributed by atoms with E-state index in [-0.39, 0.29) is 11.9 Å². The van der Waals surface area contributed by atoms with E-state index in [2.05, 4.69) is 5.32 Å². The Labute approximate surface area is 122 Å². The summed E-state index contributed by atoms with van der Waals surface area (Å²) >= 11 is 12.1. The first-order valence-corrected chi connectivity index (χ1v) is 6.72. The molecule has 2 aromatic rings. The zero-order chi connectivity index (χ0) is 13.8. The maximum Gasteiger partial charge on any atom is 0.123 e. The molecule has 0 amide bonds. The Bertz CT molecular complexity index is 572. The summed E-state index contributed by atoms with van der Waals surface area (Å²) in [5.41, 5.74) is 1.83. The summed E-state index contributed by atoms with van der Waals surface area (Å²) in [4.78, 5) is 0. The Morgan fingerprint density at radius 1 is 1.16 bits per heavy atom. The summed E-state index contributed by atoms with van der Waals surface area (Å²) in [6.07, 6.45) is 0.652. The molecule has 0 aliphatic rings. The van der Waals surface area contributed by atoms with Gasteiger partial charge in [-0.1, -0.05) is 35.3 Å². The first-order valence-electron chi connectivity index (χ1n) is 5.97. The van der Waals surface area contributed by atoms with Crippen LogP contribution in [0.15, 0.2) is 42.5 Å². The Morgan fingerprint density at radius 2 is 1.95 bits per heavy atom. The zero-order valence-corrected chi connectivity index (χ0v) is 12.0. The van der Waals surface area contributed by atoms with Crippen molar-refractivity contribution in [3.05, 3.63) is 69.5 Å². The van der Waals surface area contributed by atoms with Gasteiger partial charge >= 0.3 is 0 Å². The van der Waals surface area contributed by atoms with Crippen molar-refractivity contribution in [2.75, 3.05) is 7.05 Å². The molecular weight excluding hydrogens is 284 g/mol. The fraction of sp³-hybridized carbons (Fsp3) is 0.200. The van der Waals surface area contributed by atoms with Crippen molar-refractivity contribution in [2.24, 2.45) is 0 Å². The Morgan fingerprint density at radius 3 is 2.63 bits per heavy atom. The topological polar surface area (TPSA) is 12.0 Å². The van der Waals surface area contributed by atoms with Crippen LogP contribution >= 0.6 is 23.2 Å². The highest BCUT2D eigenvalue weighted by Gasteiger charge is 2.13. The molecule has 0 aromatic heterocycles. The van der Waals surface area contributed by atoms with Crippen LogP contribution in [0.3, 0.4) is 0 Å². The van der Waals surface area contributed by atoms with Crippen LogP contribution in [0.4, 0.5) is 4.39 Å². The number of rotatable bonds is 4. The molecule has 0 bridgehead atoms. The number of hydrogen-bond acceptors (Lipinski definition) is 1. The predicted molar refractivity (Wildman–Crippen MR) is 78.4 cm³/mol. The summed E-state index contributed by atoms with van der Waals surface area (Å²) in [5, 5.41) is 4.49. The molecule has 2 aromatic carbocycles. The van der Waals surface area contributed by atoms with Crippen molar-refractivity contribution in [3.63, 3.8) is 0 Å². The molecule has 0 spiro atoms. The van der Waals surface area contributed by atoms with E-state index in [0.717, 1.165) is 11.1 Å². The smallest absolute Gasteiger partial charge is 0.123 e. The van der Waals surface area contributed by atoms with Crippen LogP contribution in [0.1, 0.15) is 17.2 Å². The SMILES string of the molecule is CNC(Cc1cc(Cl)ccc1Cl)c1cccc(F)c1. The van der Waals surface area contributed by atoms with Gasteiger partial charge < -0.3 is 5.32 Å². The molecule has 0 aliphatic heterocycles. The molecular formula is C15H14Cl2FN. The average molecular weight is 298 g/mol. The molecule has 0 saturated heterocycles. The summed E-state index contributed by atoms with van der Waals surface area (Å²) in [5.74, 6) is -0.241. The van der Waals surface area contributed by atoms with Crippen molar-refractivity contribution in [3.8, 4) is 0 Å². The van der Waals surface area contributed by atoms with Crippen molar-refractivity contribution in [1.29, 1.82) is 0 Å². The molecule has 0 saturated carbocycles. The van der Waals surface area contributed by atoms with E-state index in [1.807, 2.05) is 19.2 Å². The summed E-state index contributed by atoms with van der Waals surface area (Å²) < 4.78 is 13.3. The van der Waals surface area contributed by atoms with Gasteiger partial charge in [-0.2, -0.15) is 0 Å². The molecule has 1 atom stereocenters. The van der Waals surface area contributed by atoms with Crippen LogP contribution in [0, 0.1) is 5.82 Å². The second kappa shape index (κ2) is 6.38. The van der Waals surface area contributed by atoms with Gasteiger partial charge in [0.1, 0.15) is 5.82 Å². The van der Waals surface area contributed by atoms with Crippen molar-refractivity contribution in [2.45, 2.75) is 12.5 Å². The Balaban J connectivity index is 2.26. The van der Waals surface area contributed by atoms with Crippen molar-refractivity contribution < 1.29 is 4.39 Å². The number of benzene rings is 2. The third-order valence-electron chi connectivity index (χ3n) is 3.03. The van der Waals surface area contributed by atoms with E-state index in [0.29, 0.717) is 16.5 Å². The molecule has 0 radical (unpaired) electrons. The largest absolute Gasteiger partial charge is 0.313 e. The van der Waals surface area contributed by atoms with Crippen LogP contribution in [0.2, 0.25) is 10.0 Å². The van der Waals surface area contributed by atoms with E-state index < -0.39 is 0 Å². The van der Waals surface area contributed by atoms with Gasteiger partial charge in [-0.3, -0.25) is 0 Å². The third-order valence-corrected chi connectivity index (χ3v) is 3.64. The lowest BCUT2D eigenvalue weighted by Gasteiger charge is -2.17. The van der Waals surface area contributed by atoms with Gasteiger partial charge in [-0.25, -0.2) is 4.39 Å². The maximum absolute atomic E-state index is 13.3. The molecule has 1 unspecified atom stereocenters. The monoisotopic (exact) mass is 297 g/mol. The molecule has 0 aliphatic carbocycles. The van der Waals surface area contributed by atoms with Crippen LogP contribution in [-0.4, -0.2) is 7.05 Å². The molecule has 2 rings (SSSR count). The van der Waals surface area contributed by atoms with E-state index in [1.54, 1.807) is 18.2 Å². The Hall–Kier alpha value is -1.09. The molecule has 0 fully saturated rings. The first-order chi connectivity index (χ1) is 9.10. The minimum atomic E-state index is -0.241. The van der Waals surface area contributed by atoms with E-state index in [4.69, 9.17) is 23.2 Å². The third kappa shape index (κ3) is 3.69. The van der Waals surface area contributed by atoms with E-state index in [9.17, 15) is 4.39 Å². The summed E-state index contributed by atoms with van der Waals surface area (Å²) in [6.45, 7) is 0. The minimum absolute atomic E-state index is 0.00772. The highest BCUT2D eigenvalue weighted by molar-refractivity contribution is 6.33. The standard InChI is InChI=1S/C15H14Cl2FN/c1-19-15(10-3-2-4-13(18)8-10)9-11-7-12(16)5-6-14(11)17/h2-8,15,19H,9H2,1H3. The lowest BCUT2D eigenvalue weighted by atomic mass is 9.99. The van der Waals surface area contributed by atoms with Gasteiger partial charge in [0, 0.05) is 16.1 Å². The number of hydrogen-bond donors (Lipinski definition) is 1. The van der Waals surface area contributed by atoms with Crippen molar-refractivity contribution >= 4 is 23.2 Å². The van der Waals surface area contributed by atoms with Crippen molar-refractivity contribution in [1.82, 2.24) is 5.32 Å². The molecule has 19 heavy (non-hydrogen) atoms. The van der Waals surface area contributed by atoms with Gasteiger partial charge in [-0.05, 0) is 54.9 Å². The van der Waals surface area contributed by atoms with Gasteiger partial charge in [0.05, 0.1) is 0 Å². The fourth-order valence-electron chi connectivity index (χ4n) is 2.03. The quantitative estimate of drug-likeness (QED) is 0.867. The van der Waals surface area contributed by atoms with Gasteiger partial charge in [0.25, 0.3) is 0 Å². The number of nitrogens with one attached hydrogen (secondary N) is 1. The normalized spacial score (nSPS) is 12.4. The van der Waals surface area contributed by atoms with Gasteiger partial charge in [-0.15, -0.1) is 0 Å². The lowest BCUT2D eigenvalue weighted by Crippen LogP contribution is -2.19. The van der Waals surface area contributed by atoms with Crippen LogP contribution in [-0.2, 0) is 6.42 Å². The van der Waals surface area contributed by atoms with Gasteiger partial charge in [0.15, 0.2) is 0 Å².